The summed E-state index contributed by atoms with van der Waals surface area (Å²) < 4.78 is 5.12. The second kappa shape index (κ2) is 6.84. The van der Waals surface area contributed by atoms with E-state index in [-0.39, 0.29) is 6.54 Å². The third-order valence-electron chi connectivity index (χ3n) is 5.57. The van der Waals surface area contributed by atoms with E-state index in [1.807, 2.05) is 6.92 Å². The summed E-state index contributed by atoms with van der Waals surface area (Å²) in [6, 6.07) is 6.29. The van der Waals surface area contributed by atoms with Crippen LogP contribution in [0.4, 0.5) is 4.79 Å². The third kappa shape index (κ3) is 3.49. The van der Waals surface area contributed by atoms with Crippen LogP contribution in [0.15, 0.2) is 24.3 Å². The summed E-state index contributed by atoms with van der Waals surface area (Å²) in [5.41, 5.74) is 4.71. The molecule has 1 aliphatic carbocycles. The molecule has 0 aromatic heterocycles. The van der Waals surface area contributed by atoms with Gasteiger partial charge in [-0.3, -0.25) is 14.5 Å². The van der Waals surface area contributed by atoms with E-state index >= 15 is 0 Å². The lowest BCUT2D eigenvalue weighted by molar-refractivity contribution is -0.135. The Bertz CT molecular complexity index is 761. The molecule has 1 heterocycles. The molecule has 2 aliphatic rings. The molecule has 1 aromatic carbocycles. The molecule has 4 N–H and O–H groups in total. The van der Waals surface area contributed by atoms with Crippen molar-refractivity contribution in [3.63, 3.8) is 0 Å². The average Bonchev–Trinajstić information content (AvgIpc) is 3.48. The van der Waals surface area contributed by atoms with Gasteiger partial charge >= 0.3 is 6.03 Å². The largest absolute Gasteiger partial charge is 0.497 e. The molecule has 146 valence electrons. The average molecular weight is 374 g/mol. The molecule has 2 fully saturated rings. The zero-order chi connectivity index (χ0) is 19.8. The molecule has 2 unspecified atom stereocenters. The molecule has 8 nitrogen and oxygen atoms in total. The lowest BCUT2D eigenvalue weighted by Gasteiger charge is -2.30. The summed E-state index contributed by atoms with van der Waals surface area (Å²) in [6.45, 7) is 3.50. The fourth-order valence-electron chi connectivity index (χ4n) is 3.50. The molecule has 8 heteroatoms. The van der Waals surface area contributed by atoms with Gasteiger partial charge in [0.15, 0.2) is 0 Å². The van der Waals surface area contributed by atoms with Crippen molar-refractivity contribution in [1.82, 2.24) is 15.5 Å². The van der Waals surface area contributed by atoms with Gasteiger partial charge in [-0.2, -0.15) is 0 Å². The van der Waals surface area contributed by atoms with Crippen LogP contribution >= 0.6 is 0 Å². The highest BCUT2D eigenvalue weighted by atomic mass is 16.5. The van der Waals surface area contributed by atoms with Crippen LogP contribution in [-0.2, 0) is 15.1 Å². The first-order valence-corrected chi connectivity index (χ1v) is 9.03. The first-order valence-electron chi connectivity index (χ1n) is 9.03. The van der Waals surface area contributed by atoms with Gasteiger partial charge in [-0.05, 0) is 50.3 Å². The van der Waals surface area contributed by atoms with Gasteiger partial charge in [0, 0.05) is 6.54 Å². The molecule has 1 saturated carbocycles. The fraction of sp³-hybridized carbons (Fsp3) is 0.526. The number of nitrogens with two attached hydrogens (primary N) is 1. The van der Waals surface area contributed by atoms with E-state index in [0.29, 0.717) is 23.8 Å². The summed E-state index contributed by atoms with van der Waals surface area (Å²) in [5, 5.41) is 5.59. The number of ether oxygens (including phenoxy) is 1. The van der Waals surface area contributed by atoms with Crippen LogP contribution in [0.2, 0.25) is 0 Å². The van der Waals surface area contributed by atoms with Gasteiger partial charge in [0.05, 0.1) is 12.6 Å². The van der Waals surface area contributed by atoms with Crippen molar-refractivity contribution in [2.75, 3.05) is 20.2 Å². The third-order valence-corrected chi connectivity index (χ3v) is 5.57. The van der Waals surface area contributed by atoms with Crippen molar-refractivity contribution in [3.8, 4) is 5.75 Å². The van der Waals surface area contributed by atoms with E-state index in [4.69, 9.17) is 10.5 Å². The second-order valence-corrected chi connectivity index (χ2v) is 7.62. The van der Waals surface area contributed by atoms with E-state index in [0.717, 1.165) is 17.7 Å². The summed E-state index contributed by atoms with van der Waals surface area (Å²) >= 11 is 0. The zero-order valence-electron chi connectivity index (χ0n) is 15.9. The first-order chi connectivity index (χ1) is 12.7. The van der Waals surface area contributed by atoms with Crippen LogP contribution in [0.5, 0.6) is 5.75 Å². The van der Waals surface area contributed by atoms with E-state index < -0.39 is 28.9 Å². The Morgan fingerprint density at radius 2 is 2.00 bits per heavy atom. The normalized spacial score (nSPS) is 24.4. The van der Waals surface area contributed by atoms with Crippen LogP contribution < -0.4 is 21.1 Å². The maximum Gasteiger partial charge on any atom is 0.325 e. The maximum atomic E-state index is 12.9. The van der Waals surface area contributed by atoms with Gasteiger partial charge in [0.25, 0.3) is 5.91 Å². The number of imide groups is 1. The Kier molecular flexibility index (Phi) is 4.86. The number of urea groups is 1. The Morgan fingerprint density at radius 3 is 2.52 bits per heavy atom. The Labute approximate surface area is 158 Å². The number of hydrogen-bond acceptors (Lipinski definition) is 5. The molecule has 0 bridgehead atoms. The number of nitrogens with zero attached hydrogens (tertiary/aromatic N) is 1. The SMILES string of the molecule is COc1ccc(C2(C)NC(=O)N(CC(=O)NC(C)(CN)C3CC3)C2=O)cc1. The summed E-state index contributed by atoms with van der Waals surface area (Å²) in [7, 11) is 1.55. The fourth-order valence-corrected chi connectivity index (χ4v) is 3.50. The standard InChI is InChI=1S/C19H26N4O4/c1-18(11-20,12-4-5-12)21-15(24)10-23-16(25)19(2,22-17(23)26)13-6-8-14(27-3)9-7-13/h6-9,12H,4-5,10-11,20H2,1-3H3,(H,21,24)(H,22,26). The number of methoxy groups -OCH3 is 1. The molecule has 27 heavy (non-hydrogen) atoms. The molecule has 3 rings (SSSR count). The Hall–Kier alpha value is -2.61. The van der Waals surface area contributed by atoms with Crippen LogP contribution in [0, 0.1) is 5.92 Å². The number of hydrogen-bond donors (Lipinski definition) is 3. The molecule has 0 radical (unpaired) electrons. The van der Waals surface area contributed by atoms with Crippen molar-refractivity contribution in [2.45, 2.75) is 37.8 Å². The highest BCUT2D eigenvalue weighted by Crippen LogP contribution is 2.39. The van der Waals surface area contributed by atoms with E-state index in [9.17, 15) is 14.4 Å². The van der Waals surface area contributed by atoms with Crippen molar-refractivity contribution < 1.29 is 19.1 Å². The maximum absolute atomic E-state index is 12.9. The first kappa shape index (κ1) is 19.2. The molecule has 1 aliphatic heterocycles. The summed E-state index contributed by atoms with van der Waals surface area (Å²) in [5.74, 6) is 0.140. The molecule has 1 saturated heterocycles. The molecule has 1 aromatic rings. The van der Waals surface area contributed by atoms with Gasteiger partial charge in [-0.1, -0.05) is 12.1 Å². The molecular weight excluding hydrogens is 348 g/mol. The summed E-state index contributed by atoms with van der Waals surface area (Å²) in [4.78, 5) is 38.7. The highest BCUT2D eigenvalue weighted by molar-refractivity contribution is 6.09. The molecular formula is C19H26N4O4. The van der Waals surface area contributed by atoms with Crippen molar-refractivity contribution in [3.05, 3.63) is 29.8 Å². The Morgan fingerprint density at radius 1 is 1.37 bits per heavy atom. The number of carbonyl (C=O) groups excluding carboxylic acids is 3. The van der Waals surface area contributed by atoms with Crippen molar-refractivity contribution >= 4 is 17.8 Å². The number of nitrogens with one attached hydrogen (secondary N) is 2. The number of carbonyl (C=O) groups is 3. The van der Waals surface area contributed by atoms with Crippen LogP contribution in [0.25, 0.3) is 0 Å². The van der Waals surface area contributed by atoms with E-state index in [2.05, 4.69) is 10.6 Å². The number of rotatable bonds is 7. The monoisotopic (exact) mass is 374 g/mol. The van der Waals surface area contributed by atoms with Gasteiger partial charge in [0.2, 0.25) is 5.91 Å². The van der Waals surface area contributed by atoms with Crippen LogP contribution in [0.1, 0.15) is 32.3 Å². The summed E-state index contributed by atoms with van der Waals surface area (Å²) in [6.07, 6.45) is 2.04. The lowest BCUT2D eigenvalue weighted by atomic mass is 9.92. The number of amides is 4. The predicted molar refractivity (Wildman–Crippen MR) is 98.9 cm³/mol. The van der Waals surface area contributed by atoms with Gasteiger partial charge < -0.3 is 21.1 Å². The van der Waals surface area contributed by atoms with Gasteiger partial charge in [0.1, 0.15) is 17.8 Å². The topological polar surface area (TPSA) is 114 Å². The van der Waals surface area contributed by atoms with Crippen LogP contribution in [-0.4, -0.2) is 48.5 Å². The van der Waals surface area contributed by atoms with E-state index in [1.54, 1.807) is 38.3 Å². The minimum Gasteiger partial charge on any atom is -0.497 e. The van der Waals surface area contributed by atoms with Crippen molar-refractivity contribution in [2.24, 2.45) is 11.7 Å². The quantitative estimate of drug-likeness (QED) is 0.608. The minimum atomic E-state index is -1.22. The highest BCUT2D eigenvalue weighted by Gasteiger charge is 2.50. The lowest BCUT2D eigenvalue weighted by Crippen LogP contribution is -2.55. The van der Waals surface area contributed by atoms with Gasteiger partial charge in [-0.25, -0.2) is 4.79 Å². The van der Waals surface area contributed by atoms with Crippen LogP contribution in [0.3, 0.4) is 0 Å². The van der Waals surface area contributed by atoms with Gasteiger partial charge in [-0.15, -0.1) is 0 Å². The Balaban J connectivity index is 1.72. The molecule has 2 atom stereocenters. The zero-order valence-corrected chi connectivity index (χ0v) is 15.9. The second-order valence-electron chi connectivity index (χ2n) is 7.62. The molecule has 0 spiro atoms. The molecule has 4 amide bonds. The van der Waals surface area contributed by atoms with Crippen molar-refractivity contribution in [1.29, 1.82) is 0 Å². The predicted octanol–water partition coefficient (Wildman–Crippen LogP) is 0.706. The number of benzene rings is 1. The van der Waals surface area contributed by atoms with E-state index in [1.165, 1.54) is 0 Å². The minimum absolute atomic E-state index is 0.313. The smallest absolute Gasteiger partial charge is 0.325 e.